The standard InChI is InChI=1S/C24H37BrO4/c1-6-16-11-17(12-25)22-18(19(16)13-29-15(3)26)9-10-24(4)20(7-8-21(22)24)14(2)23(27)28-5/h11,14,17-22H,6-10,12-13H2,1-5H3/t14-,17?,18?,19+,20?,21?,22?,24+/m0/s1. The van der Waals surface area contributed by atoms with Crippen molar-refractivity contribution in [1.29, 1.82) is 0 Å². The van der Waals surface area contributed by atoms with Crippen LogP contribution in [0.4, 0.5) is 0 Å². The number of carbonyl (C=O) groups is 2. The molecule has 0 bridgehead atoms. The first-order valence-corrected chi connectivity index (χ1v) is 12.4. The number of fused-ring (bicyclic) bond motifs is 3. The van der Waals surface area contributed by atoms with Gasteiger partial charge < -0.3 is 9.47 Å². The lowest BCUT2D eigenvalue weighted by atomic mass is 9.50. The summed E-state index contributed by atoms with van der Waals surface area (Å²) < 4.78 is 10.6. The molecule has 0 radical (unpaired) electrons. The maximum Gasteiger partial charge on any atom is 0.308 e. The van der Waals surface area contributed by atoms with Crippen LogP contribution in [0, 0.1) is 46.8 Å². The molecular formula is C24H37BrO4. The molecule has 0 spiro atoms. The maximum absolute atomic E-state index is 12.3. The van der Waals surface area contributed by atoms with E-state index in [0.717, 1.165) is 31.0 Å². The first-order valence-electron chi connectivity index (χ1n) is 11.3. The summed E-state index contributed by atoms with van der Waals surface area (Å²) in [6.45, 7) is 8.71. The zero-order valence-electron chi connectivity index (χ0n) is 18.6. The second-order valence-electron chi connectivity index (χ2n) is 9.71. The number of hydrogen-bond acceptors (Lipinski definition) is 4. The molecule has 0 aliphatic heterocycles. The van der Waals surface area contributed by atoms with Gasteiger partial charge in [0.1, 0.15) is 0 Å². The highest BCUT2D eigenvalue weighted by Gasteiger charge is 2.59. The number of carbonyl (C=O) groups excluding carboxylic acids is 2. The van der Waals surface area contributed by atoms with E-state index in [9.17, 15) is 9.59 Å². The number of allylic oxidation sites excluding steroid dienone is 1. The molecule has 5 unspecified atom stereocenters. The number of alkyl halides is 1. The second-order valence-corrected chi connectivity index (χ2v) is 10.4. The minimum atomic E-state index is -0.187. The predicted octanol–water partition coefficient (Wildman–Crippen LogP) is 5.39. The van der Waals surface area contributed by atoms with Crippen LogP contribution in [0.2, 0.25) is 0 Å². The van der Waals surface area contributed by atoms with Crippen LogP contribution < -0.4 is 0 Å². The molecule has 8 atom stereocenters. The van der Waals surface area contributed by atoms with Gasteiger partial charge in [0, 0.05) is 18.2 Å². The molecule has 0 heterocycles. The lowest BCUT2D eigenvalue weighted by Gasteiger charge is -2.55. The first-order chi connectivity index (χ1) is 13.8. The summed E-state index contributed by atoms with van der Waals surface area (Å²) in [5.41, 5.74) is 1.64. The van der Waals surface area contributed by atoms with E-state index in [4.69, 9.17) is 9.47 Å². The highest BCUT2D eigenvalue weighted by molar-refractivity contribution is 9.09. The topological polar surface area (TPSA) is 52.6 Å². The van der Waals surface area contributed by atoms with Gasteiger partial charge in [0.15, 0.2) is 0 Å². The number of hydrogen-bond donors (Lipinski definition) is 0. The highest BCUT2D eigenvalue weighted by Crippen LogP contribution is 2.64. The van der Waals surface area contributed by atoms with Gasteiger partial charge in [0.05, 0.1) is 19.6 Å². The van der Waals surface area contributed by atoms with Gasteiger partial charge in [-0.15, -0.1) is 0 Å². The fraction of sp³-hybridized carbons (Fsp3) is 0.833. The van der Waals surface area contributed by atoms with E-state index in [1.807, 2.05) is 0 Å². The Kier molecular flexibility index (Phi) is 7.18. The van der Waals surface area contributed by atoms with Gasteiger partial charge in [-0.25, -0.2) is 0 Å². The van der Waals surface area contributed by atoms with Crippen LogP contribution in [0.5, 0.6) is 0 Å². The number of methoxy groups -OCH3 is 1. The molecule has 0 aromatic carbocycles. The normalized spacial score (nSPS) is 39.7. The van der Waals surface area contributed by atoms with Crippen molar-refractivity contribution in [3.05, 3.63) is 11.6 Å². The molecule has 3 aliphatic carbocycles. The van der Waals surface area contributed by atoms with Crippen LogP contribution in [-0.2, 0) is 19.1 Å². The van der Waals surface area contributed by atoms with Crippen LogP contribution in [0.15, 0.2) is 11.6 Å². The monoisotopic (exact) mass is 468 g/mol. The fourth-order valence-corrected chi connectivity index (χ4v) is 7.89. The molecule has 0 aromatic heterocycles. The Labute approximate surface area is 184 Å². The van der Waals surface area contributed by atoms with Gasteiger partial charge in [-0.05, 0) is 67.1 Å². The number of halogens is 1. The van der Waals surface area contributed by atoms with Crippen LogP contribution in [0.25, 0.3) is 0 Å². The van der Waals surface area contributed by atoms with Crippen LogP contribution >= 0.6 is 15.9 Å². The molecule has 0 amide bonds. The summed E-state index contributed by atoms with van der Waals surface area (Å²) >= 11 is 3.80. The number of ether oxygens (including phenoxy) is 2. The average molecular weight is 469 g/mol. The Morgan fingerprint density at radius 1 is 1.31 bits per heavy atom. The van der Waals surface area contributed by atoms with Crippen molar-refractivity contribution in [2.45, 2.75) is 59.8 Å². The van der Waals surface area contributed by atoms with Crippen molar-refractivity contribution in [3.8, 4) is 0 Å². The van der Waals surface area contributed by atoms with Gasteiger partial charge >= 0.3 is 11.9 Å². The van der Waals surface area contributed by atoms with Crippen LogP contribution in [-0.4, -0.2) is 31.0 Å². The Bertz CT molecular complexity index is 659. The molecule has 0 N–H and O–H groups in total. The third-order valence-electron chi connectivity index (χ3n) is 8.60. The molecule has 3 rings (SSSR count). The lowest BCUT2D eigenvalue weighted by Crippen LogP contribution is -2.50. The van der Waals surface area contributed by atoms with E-state index < -0.39 is 0 Å². The average Bonchev–Trinajstić information content (AvgIpc) is 3.07. The van der Waals surface area contributed by atoms with Gasteiger partial charge in [-0.2, -0.15) is 0 Å². The summed E-state index contributed by atoms with van der Waals surface area (Å²) in [5.74, 6) is 2.69. The summed E-state index contributed by atoms with van der Waals surface area (Å²) in [4.78, 5) is 23.8. The van der Waals surface area contributed by atoms with Gasteiger partial charge in [0.2, 0.25) is 0 Å². The van der Waals surface area contributed by atoms with Gasteiger partial charge in [-0.1, -0.05) is 48.4 Å². The van der Waals surface area contributed by atoms with Crippen molar-refractivity contribution in [2.75, 3.05) is 19.0 Å². The SMILES string of the molecule is CCC1=CC(CBr)C2C(CC[C@@]3(C)C2CCC3[C@H](C)C(=O)OC)[C@@H]1COC(C)=O. The third-order valence-corrected chi connectivity index (χ3v) is 9.35. The van der Waals surface area contributed by atoms with E-state index in [1.165, 1.54) is 26.0 Å². The molecule has 2 saturated carbocycles. The van der Waals surface area contributed by atoms with E-state index >= 15 is 0 Å². The first kappa shape index (κ1) is 22.8. The van der Waals surface area contributed by atoms with Crippen molar-refractivity contribution in [1.82, 2.24) is 0 Å². The molecule has 164 valence electrons. The van der Waals surface area contributed by atoms with E-state index in [-0.39, 0.29) is 23.3 Å². The van der Waals surface area contributed by atoms with E-state index in [1.54, 1.807) is 0 Å². The van der Waals surface area contributed by atoms with Crippen molar-refractivity contribution < 1.29 is 19.1 Å². The predicted molar refractivity (Wildman–Crippen MR) is 117 cm³/mol. The number of rotatable bonds is 6. The zero-order chi connectivity index (χ0) is 21.3. The molecule has 2 fully saturated rings. The molecule has 0 aromatic rings. The zero-order valence-corrected chi connectivity index (χ0v) is 20.2. The Morgan fingerprint density at radius 3 is 2.62 bits per heavy atom. The largest absolute Gasteiger partial charge is 0.469 e. The minimum Gasteiger partial charge on any atom is -0.469 e. The third kappa shape index (κ3) is 4.05. The molecule has 5 heteroatoms. The summed E-state index contributed by atoms with van der Waals surface area (Å²) in [6.07, 6.45) is 8.08. The van der Waals surface area contributed by atoms with E-state index in [2.05, 4.69) is 42.8 Å². The second kappa shape index (κ2) is 9.11. The minimum absolute atomic E-state index is 0.0452. The Morgan fingerprint density at radius 2 is 2.03 bits per heavy atom. The van der Waals surface area contributed by atoms with Gasteiger partial charge in [0.25, 0.3) is 0 Å². The van der Waals surface area contributed by atoms with Crippen molar-refractivity contribution >= 4 is 27.9 Å². The fourth-order valence-electron chi connectivity index (χ4n) is 7.27. The summed E-state index contributed by atoms with van der Waals surface area (Å²) in [6, 6.07) is 0. The van der Waals surface area contributed by atoms with Crippen LogP contribution in [0.1, 0.15) is 59.8 Å². The lowest BCUT2D eigenvalue weighted by molar-refractivity contribution is -0.149. The van der Waals surface area contributed by atoms with Crippen molar-refractivity contribution in [3.63, 3.8) is 0 Å². The molecule has 4 nitrogen and oxygen atoms in total. The molecular weight excluding hydrogens is 432 g/mol. The molecule has 3 aliphatic rings. The highest BCUT2D eigenvalue weighted by atomic mass is 79.9. The smallest absolute Gasteiger partial charge is 0.308 e. The summed E-state index contributed by atoms with van der Waals surface area (Å²) in [5, 5.41) is 0.974. The van der Waals surface area contributed by atoms with Crippen molar-refractivity contribution in [2.24, 2.45) is 46.8 Å². The maximum atomic E-state index is 12.3. The van der Waals surface area contributed by atoms with E-state index in [0.29, 0.717) is 42.1 Å². The Balaban J connectivity index is 1.92. The summed E-state index contributed by atoms with van der Waals surface area (Å²) in [7, 11) is 1.50. The Hall–Kier alpha value is -0.840. The van der Waals surface area contributed by atoms with Crippen LogP contribution in [0.3, 0.4) is 0 Å². The molecule has 29 heavy (non-hydrogen) atoms. The number of esters is 2. The molecule has 0 saturated heterocycles. The quantitative estimate of drug-likeness (QED) is 0.297. The van der Waals surface area contributed by atoms with Gasteiger partial charge in [-0.3, -0.25) is 9.59 Å².